The standard InChI is InChI=1S/C21H25ClN2O5S/c1-3-29-20(28)15-14-10-11(2)21(30-14)16(15)19(27)24(8-9-25)17(21)18(26)23-13-7-5-4-6-12(13)22/h4-7,11,14-17,25H,3,8-10H2,1-2H3,(H,23,26)/t11?,14-,15+,16+,17?,21?/m1/s1. The molecule has 1 spiro atoms. The Labute approximate surface area is 184 Å². The molecule has 3 aliphatic rings. The topological polar surface area (TPSA) is 95.9 Å². The van der Waals surface area contributed by atoms with Crippen molar-refractivity contribution in [2.45, 2.75) is 36.3 Å². The van der Waals surface area contributed by atoms with Gasteiger partial charge in [-0.1, -0.05) is 30.7 Å². The molecule has 2 bridgehead atoms. The zero-order valence-electron chi connectivity index (χ0n) is 16.8. The van der Waals surface area contributed by atoms with E-state index in [0.717, 1.165) is 6.42 Å². The van der Waals surface area contributed by atoms with Crippen LogP contribution in [-0.2, 0) is 19.1 Å². The number of carbonyl (C=O) groups is 3. The highest BCUT2D eigenvalue weighted by atomic mass is 35.5. The molecule has 0 aliphatic carbocycles. The number of esters is 1. The number of aliphatic hydroxyl groups is 1. The van der Waals surface area contributed by atoms with Crippen molar-refractivity contribution in [2.75, 3.05) is 25.1 Å². The summed E-state index contributed by atoms with van der Waals surface area (Å²) in [7, 11) is 0. The molecule has 3 aliphatic heterocycles. The highest BCUT2D eigenvalue weighted by Crippen LogP contribution is 2.68. The number of nitrogens with zero attached hydrogens (tertiary/aromatic N) is 1. The minimum absolute atomic E-state index is 0.0329. The molecule has 0 saturated carbocycles. The number of halogens is 1. The average Bonchev–Trinajstić information content (AvgIpc) is 3.28. The first-order valence-electron chi connectivity index (χ1n) is 10.2. The Bertz CT molecular complexity index is 883. The second-order valence-electron chi connectivity index (χ2n) is 8.03. The minimum atomic E-state index is -0.803. The maximum absolute atomic E-state index is 13.5. The van der Waals surface area contributed by atoms with E-state index in [-0.39, 0.29) is 48.7 Å². The van der Waals surface area contributed by atoms with Crippen molar-refractivity contribution in [3.63, 3.8) is 0 Å². The number of anilines is 1. The number of hydrogen-bond donors (Lipinski definition) is 2. The molecule has 162 valence electrons. The second kappa shape index (κ2) is 8.05. The van der Waals surface area contributed by atoms with Crippen LogP contribution in [-0.4, -0.2) is 63.6 Å². The lowest BCUT2D eigenvalue weighted by atomic mass is 9.66. The number of rotatable bonds is 6. The van der Waals surface area contributed by atoms with E-state index in [1.165, 1.54) is 4.90 Å². The van der Waals surface area contributed by atoms with Crippen molar-refractivity contribution in [3.8, 4) is 0 Å². The van der Waals surface area contributed by atoms with Crippen LogP contribution in [0.15, 0.2) is 24.3 Å². The maximum atomic E-state index is 13.5. The molecule has 30 heavy (non-hydrogen) atoms. The highest BCUT2D eigenvalue weighted by Gasteiger charge is 2.76. The van der Waals surface area contributed by atoms with E-state index in [0.29, 0.717) is 10.7 Å². The summed E-state index contributed by atoms with van der Waals surface area (Å²) in [5, 5.41) is 12.8. The van der Waals surface area contributed by atoms with E-state index < -0.39 is 22.6 Å². The molecule has 7 nitrogen and oxygen atoms in total. The number of hydrogen-bond acceptors (Lipinski definition) is 6. The first-order valence-corrected chi connectivity index (χ1v) is 11.4. The third-order valence-electron chi connectivity index (χ3n) is 6.53. The van der Waals surface area contributed by atoms with Gasteiger partial charge in [0.2, 0.25) is 11.8 Å². The van der Waals surface area contributed by atoms with Gasteiger partial charge in [-0.15, -0.1) is 11.8 Å². The number of nitrogens with one attached hydrogen (secondary N) is 1. The van der Waals surface area contributed by atoms with E-state index in [9.17, 15) is 19.5 Å². The largest absolute Gasteiger partial charge is 0.466 e. The molecule has 4 rings (SSSR count). The lowest BCUT2D eigenvalue weighted by Crippen LogP contribution is -2.55. The summed E-state index contributed by atoms with van der Waals surface area (Å²) < 4.78 is 4.54. The van der Waals surface area contributed by atoms with E-state index in [2.05, 4.69) is 5.32 Å². The lowest BCUT2D eigenvalue weighted by Gasteiger charge is -2.38. The van der Waals surface area contributed by atoms with Gasteiger partial charge in [0.25, 0.3) is 0 Å². The van der Waals surface area contributed by atoms with Crippen LogP contribution in [0, 0.1) is 17.8 Å². The number of para-hydroxylation sites is 1. The molecule has 6 atom stereocenters. The Morgan fingerprint density at radius 2 is 2.13 bits per heavy atom. The molecule has 2 amide bonds. The van der Waals surface area contributed by atoms with Crippen LogP contribution in [0.3, 0.4) is 0 Å². The predicted molar refractivity (Wildman–Crippen MR) is 114 cm³/mol. The Hall–Kier alpha value is -1.77. The number of thioether (sulfide) groups is 1. The quantitative estimate of drug-likeness (QED) is 0.642. The van der Waals surface area contributed by atoms with Crippen molar-refractivity contribution in [2.24, 2.45) is 17.8 Å². The van der Waals surface area contributed by atoms with Crippen LogP contribution in [0.2, 0.25) is 5.02 Å². The fourth-order valence-corrected chi connectivity index (χ4v) is 8.03. The number of benzene rings is 1. The van der Waals surface area contributed by atoms with Crippen molar-refractivity contribution in [3.05, 3.63) is 29.3 Å². The molecule has 1 aromatic carbocycles. The lowest BCUT2D eigenvalue weighted by molar-refractivity contribution is -0.154. The summed E-state index contributed by atoms with van der Waals surface area (Å²) >= 11 is 7.78. The molecule has 1 aromatic rings. The van der Waals surface area contributed by atoms with Crippen molar-refractivity contribution < 1.29 is 24.2 Å². The van der Waals surface area contributed by atoms with E-state index in [1.54, 1.807) is 43.0 Å². The third kappa shape index (κ3) is 3.03. The molecule has 0 aromatic heterocycles. The summed E-state index contributed by atoms with van der Waals surface area (Å²) in [6.45, 7) is 3.78. The molecule has 9 heteroatoms. The molecule has 3 fully saturated rings. The summed E-state index contributed by atoms with van der Waals surface area (Å²) in [5.74, 6) is -2.14. The fraction of sp³-hybridized carbons (Fsp3) is 0.571. The molecule has 3 heterocycles. The Morgan fingerprint density at radius 3 is 2.80 bits per heavy atom. The molecular formula is C21H25ClN2O5S. The van der Waals surface area contributed by atoms with Crippen molar-refractivity contribution >= 4 is 46.8 Å². The fourth-order valence-electron chi connectivity index (χ4n) is 5.44. The van der Waals surface area contributed by atoms with Crippen LogP contribution >= 0.6 is 23.4 Å². The maximum Gasteiger partial charge on any atom is 0.310 e. The van der Waals surface area contributed by atoms with E-state index in [1.807, 2.05) is 6.92 Å². The predicted octanol–water partition coefficient (Wildman–Crippen LogP) is 2.17. The first-order chi connectivity index (χ1) is 14.4. The number of amides is 2. The van der Waals surface area contributed by atoms with Gasteiger partial charge in [-0.2, -0.15) is 0 Å². The third-order valence-corrected chi connectivity index (χ3v) is 8.93. The number of β-amino-alcohol motifs (C(OH)–C–C–N with tert-alkyl or cyclic N) is 1. The van der Waals surface area contributed by atoms with Gasteiger partial charge in [0.15, 0.2) is 0 Å². The molecule has 3 saturated heterocycles. The zero-order chi connectivity index (χ0) is 21.6. The summed E-state index contributed by atoms with van der Waals surface area (Å²) in [6, 6.07) is 6.11. The normalized spacial score (nSPS) is 34.2. The number of fused-ring (bicyclic) bond motifs is 1. The minimum Gasteiger partial charge on any atom is -0.466 e. The van der Waals surface area contributed by atoms with E-state index in [4.69, 9.17) is 16.3 Å². The van der Waals surface area contributed by atoms with Crippen LogP contribution in [0.5, 0.6) is 0 Å². The van der Waals surface area contributed by atoms with Gasteiger partial charge < -0.3 is 20.1 Å². The SMILES string of the molecule is CCOC(=O)[C@@H]1[C@H]2C(=O)N(CCO)C(C(=O)Nc3ccccc3Cl)C23S[C@@H]1CC3C. The number of aliphatic hydroxyl groups excluding tert-OH is 1. The van der Waals surface area contributed by atoms with Gasteiger partial charge in [0.05, 0.1) is 40.5 Å². The zero-order valence-corrected chi connectivity index (χ0v) is 18.4. The number of likely N-dealkylation sites (tertiary alicyclic amines) is 1. The van der Waals surface area contributed by atoms with Gasteiger partial charge >= 0.3 is 5.97 Å². The summed E-state index contributed by atoms with van der Waals surface area (Å²) in [4.78, 5) is 41.1. The Kier molecular flexibility index (Phi) is 5.76. The highest BCUT2D eigenvalue weighted by molar-refractivity contribution is 8.02. The van der Waals surface area contributed by atoms with Crippen LogP contribution in [0.4, 0.5) is 5.69 Å². The molecule has 2 N–H and O–H groups in total. The van der Waals surface area contributed by atoms with Crippen LogP contribution in [0.25, 0.3) is 0 Å². The molecule has 0 radical (unpaired) electrons. The van der Waals surface area contributed by atoms with Crippen molar-refractivity contribution in [1.29, 1.82) is 0 Å². The smallest absolute Gasteiger partial charge is 0.310 e. The first kappa shape index (κ1) is 21.5. The second-order valence-corrected chi connectivity index (χ2v) is 9.98. The molecule has 3 unspecified atom stereocenters. The van der Waals surface area contributed by atoms with Gasteiger partial charge in [0.1, 0.15) is 6.04 Å². The van der Waals surface area contributed by atoms with Crippen molar-refractivity contribution in [1.82, 2.24) is 4.90 Å². The van der Waals surface area contributed by atoms with Gasteiger partial charge in [-0.3, -0.25) is 14.4 Å². The summed E-state index contributed by atoms with van der Waals surface area (Å²) in [5.41, 5.74) is 0.465. The summed E-state index contributed by atoms with van der Waals surface area (Å²) in [6.07, 6.45) is 0.737. The van der Waals surface area contributed by atoms with Gasteiger partial charge in [-0.05, 0) is 31.4 Å². The van der Waals surface area contributed by atoms with Crippen LogP contribution in [0.1, 0.15) is 20.3 Å². The average molecular weight is 453 g/mol. The number of carbonyl (C=O) groups excluding carboxylic acids is 3. The molecular weight excluding hydrogens is 428 g/mol. The Morgan fingerprint density at radius 1 is 1.40 bits per heavy atom. The van der Waals surface area contributed by atoms with Crippen LogP contribution < -0.4 is 5.32 Å². The number of ether oxygens (including phenoxy) is 1. The van der Waals surface area contributed by atoms with E-state index >= 15 is 0 Å². The monoisotopic (exact) mass is 452 g/mol. The Balaban J connectivity index is 1.73. The van der Waals surface area contributed by atoms with Gasteiger partial charge in [-0.25, -0.2) is 0 Å². The van der Waals surface area contributed by atoms with Gasteiger partial charge in [0, 0.05) is 11.8 Å².